The van der Waals surface area contributed by atoms with Crippen LogP contribution in [0.4, 0.5) is 0 Å². The molecule has 1 fully saturated rings. The highest BCUT2D eigenvalue weighted by Gasteiger charge is 2.13. The third-order valence-electron chi connectivity index (χ3n) is 4.51. The Labute approximate surface area is 146 Å². The van der Waals surface area contributed by atoms with Crippen molar-refractivity contribution in [2.45, 2.75) is 123 Å². The predicted molar refractivity (Wildman–Crippen MR) is 102 cm³/mol. The van der Waals surface area contributed by atoms with Crippen LogP contribution >= 0.6 is 0 Å². The van der Waals surface area contributed by atoms with Crippen LogP contribution < -0.4 is 0 Å². The number of hydrogen-bond donors (Lipinski definition) is 1. The largest absolute Gasteiger partial charge is 0.396 e. The molecule has 2 heteroatoms. The molecule has 1 heterocycles. The molecule has 140 valence electrons. The van der Waals surface area contributed by atoms with Gasteiger partial charge in [0, 0.05) is 6.61 Å². The van der Waals surface area contributed by atoms with E-state index in [1.807, 2.05) is 0 Å². The summed E-state index contributed by atoms with van der Waals surface area (Å²) in [7, 11) is 0. The van der Waals surface area contributed by atoms with Gasteiger partial charge in [-0.15, -0.1) is 0 Å². The van der Waals surface area contributed by atoms with E-state index in [-0.39, 0.29) is 0 Å². The fourth-order valence-electron chi connectivity index (χ4n) is 2.76. The van der Waals surface area contributed by atoms with E-state index >= 15 is 0 Å². The third kappa shape index (κ3) is 24.3. The number of aliphatic hydroxyl groups excluding tert-OH is 1. The second-order valence-electron chi connectivity index (χ2n) is 7.17. The Morgan fingerprint density at radius 3 is 1.13 bits per heavy atom. The molecular formula is C21H44O2. The molecule has 0 saturated carbocycles. The maximum Gasteiger partial charge on any atom is 0.0781 e. The number of unbranched alkanes of at least 4 members (excludes halogenated alkanes) is 15. The fourth-order valence-corrected chi connectivity index (χ4v) is 2.76. The van der Waals surface area contributed by atoms with E-state index in [1.54, 1.807) is 0 Å². The van der Waals surface area contributed by atoms with Gasteiger partial charge in [-0.05, 0) is 13.3 Å². The lowest BCUT2D eigenvalue weighted by molar-refractivity contribution is 0.282. The fraction of sp³-hybridized carbons (Fsp3) is 1.00. The van der Waals surface area contributed by atoms with E-state index in [9.17, 15) is 0 Å². The average Bonchev–Trinajstić information content (AvgIpc) is 3.34. The van der Waals surface area contributed by atoms with Gasteiger partial charge in [0.15, 0.2) is 0 Å². The first-order valence-corrected chi connectivity index (χ1v) is 10.5. The summed E-state index contributed by atoms with van der Waals surface area (Å²) in [4.78, 5) is 0. The number of epoxide rings is 1. The Morgan fingerprint density at radius 1 is 0.652 bits per heavy atom. The molecule has 0 spiro atoms. The second kappa shape index (κ2) is 20.0. The Kier molecular flexibility index (Phi) is 19.9. The molecule has 1 atom stereocenters. The van der Waals surface area contributed by atoms with Crippen molar-refractivity contribution >= 4 is 0 Å². The average molecular weight is 329 g/mol. The summed E-state index contributed by atoms with van der Waals surface area (Å²) in [6.45, 7) is 5.70. The highest BCUT2D eigenvalue weighted by atomic mass is 16.6. The van der Waals surface area contributed by atoms with Crippen LogP contribution in [-0.2, 0) is 4.74 Å². The van der Waals surface area contributed by atoms with Crippen molar-refractivity contribution in [2.24, 2.45) is 0 Å². The van der Waals surface area contributed by atoms with Crippen molar-refractivity contribution in [1.82, 2.24) is 0 Å². The molecule has 0 amide bonds. The van der Waals surface area contributed by atoms with Crippen molar-refractivity contribution < 1.29 is 9.84 Å². The van der Waals surface area contributed by atoms with Crippen molar-refractivity contribution in [2.75, 3.05) is 13.2 Å². The minimum atomic E-state index is 0.373. The predicted octanol–water partition coefficient (Wildman–Crippen LogP) is 6.65. The van der Waals surface area contributed by atoms with Crippen molar-refractivity contribution in [3.8, 4) is 0 Å². The number of ether oxygens (including phenoxy) is 1. The van der Waals surface area contributed by atoms with Gasteiger partial charge >= 0.3 is 0 Å². The Morgan fingerprint density at radius 2 is 0.913 bits per heavy atom. The van der Waals surface area contributed by atoms with Gasteiger partial charge in [0.2, 0.25) is 0 Å². The summed E-state index contributed by atoms with van der Waals surface area (Å²) < 4.78 is 4.71. The van der Waals surface area contributed by atoms with Crippen LogP contribution in [0.1, 0.15) is 117 Å². The number of aliphatic hydroxyl groups is 1. The zero-order valence-corrected chi connectivity index (χ0v) is 16.2. The second-order valence-corrected chi connectivity index (χ2v) is 7.17. The molecular weight excluding hydrogens is 284 g/mol. The van der Waals surface area contributed by atoms with Gasteiger partial charge in [-0.3, -0.25) is 0 Å². The van der Waals surface area contributed by atoms with Crippen LogP contribution in [0, 0.1) is 0 Å². The lowest BCUT2D eigenvalue weighted by Crippen LogP contribution is -1.85. The van der Waals surface area contributed by atoms with Crippen LogP contribution in [0.3, 0.4) is 0 Å². The van der Waals surface area contributed by atoms with Crippen molar-refractivity contribution in [3.63, 3.8) is 0 Å². The standard InChI is InChI=1S/C18H38O.C3H6O/c1-2-3-4-5-6-7-8-9-10-11-12-13-14-15-16-17-18-19;1-3-2-4-3/h19H,2-18H2,1H3;3H,2H2,1H3. The number of rotatable bonds is 16. The van der Waals surface area contributed by atoms with Crippen LogP contribution in [0.15, 0.2) is 0 Å². The first-order chi connectivity index (χ1) is 11.3. The summed E-state index contributed by atoms with van der Waals surface area (Å²) in [6.07, 6.45) is 22.8. The number of hydrogen-bond acceptors (Lipinski definition) is 2. The molecule has 0 aromatic heterocycles. The normalized spacial score (nSPS) is 16.0. The molecule has 1 aliphatic heterocycles. The van der Waals surface area contributed by atoms with Gasteiger partial charge in [0.25, 0.3) is 0 Å². The Bertz CT molecular complexity index is 186. The SMILES string of the molecule is CC1CO1.CCCCCCCCCCCCCCCCCCO. The van der Waals surface area contributed by atoms with E-state index in [1.165, 1.54) is 96.3 Å². The maximum atomic E-state index is 8.67. The Hall–Kier alpha value is -0.0800. The third-order valence-corrected chi connectivity index (χ3v) is 4.51. The summed E-state index contributed by atoms with van der Waals surface area (Å²) in [5.41, 5.74) is 0. The van der Waals surface area contributed by atoms with E-state index in [2.05, 4.69) is 13.8 Å². The topological polar surface area (TPSA) is 32.8 Å². The summed E-state index contributed by atoms with van der Waals surface area (Å²) in [5, 5.41) is 8.67. The van der Waals surface area contributed by atoms with Gasteiger partial charge in [-0.2, -0.15) is 0 Å². The van der Waals surface area contributed by atoms with Gasteiger partial charge in [0.1, 0.15) is 0 Å². The molecule has 2 nitrogen and oxygen atoms in total. The molecule has 1 rings (SSSR count). The minimum absolute atomic E-state index is 0.373. The van der Waals surface area contributed by atoms with Crippen LogP contribution in [0.2, 0.25) is 0 Å². The lowest BCUT2D eigenvalue weighted by atomic mass is 10.0. The molecule has 0 aliphatic carbocycles. The highest BCUT2D eigenvalue weighted by molar-refractivity contribution is 4.58. The minimum Gasteiger partial charge on any atom is -0.396 e. The van der Waals surface area contributed by atoms with Crippen molar-refractivity contribution in [1.29, 1.82) is 0 Å². The molecule has 0 aromatic carbocycles. The van der Waals surface area contributed by atoms with Gasteiger partial charge in [-0.25, -0.2) is 0 Å². The van der Waals surface area contributed by atoms with Crippen molar-refractivity contribution in [3.05, 3.63) is 0 Å². The molecule has 1 aliphatic rings. The maximum absolute atomic E-state index is 8.67. The summed E-state index contributed by atoms with van der Waals surface area (Å²) in [5.74, 6) is 0. The molecule has 0 bridgehead atoms. The Balaban J connectivity index is 0.00000104. The zero-order valence-electron chi connectivity index (χ0n) is 16.2. The van der Waals surface area contributed by atoms with E-state index in [0.717, 1.165) is 13.0 Å². The molecule has 23 heavy (non-hydrogen) atoms. The molecule has 0 aromatic rings. The van der Waals surface area contributed by atoms with Crippen LogP contribution in [0.5, 0.6) is 0 Å². The molecule has 1 unspecified atom stereocenters. The van der Waals surface area contributed by atoms with E-state index in [4.69, 9.17) is 9.84 Å². The van der Waals surface area contributed by atoms with Crippen LogP contribution in [-0.4, -0.2) is 24.4 Å². The first kappa shape index (κ1) is 22.9. The molecule has 0 radical (unpaired) electrons. The molecule has 1 saturated heterocycles. The van der Waals surface area contributed by atoms with Gasteiger partial charge < -0.3 is 9.84 Å². The summed E-state index contributed by atoms with van der Waals surface area (Å²) >= 11 is 0. The van der Waals surface area contributed by atoms with E-state index < -0.39 is 0 Å². The van der Waals surface area contributed by atoms with Gasteiger partial charge in [0.05, 0.1) is 12.7 Å². The highest BCUT2D eigenvalue weighted by Crippen LogP contribution is 2.13. The quantitative estimate of drug-likeness (QED) is 0.254. The zero-order chi connectivity index (χ0) is 17.0. The van der Waals surface area contributed by atoms with Crippen LogP contribution in [0.25, 0.3) is 0 Å². The van der Waals surface area contributed by atoms with E-state index in [0.29, 0.717) is 12.7 Å². The summed E-state index contributed by atoms with van der Waals surface area (Å²) in [6, 6.07) is 0. The first-order valence-electron chi connectivity index (χ1n) is 10.5. The van der Waals surface area contributed by atoms with Gasteiger partial charge in [-0.1, -0.05) is 103 Å². The molecule has 1 N–H and O–H groups in total. The monoisotopic (exact) mass is 328 g/mol. The lowest BCUT2D eigenvalue weighted by Gasteiger charge is -2.03. The smallest absolute Gasteiger partial charge is 0.0781 e.